The number of carboxylic acid groups (broad SMARTS) is 1. The van der Waals surface area contributed by atoms with E-state index >= 15 is 0 Å². The summed E-state index contributed by atoms with van der Waals surface area (Å²) in [6, 6.07) is -0.824. The van der Waals surface area contributed by atoms with E-state index in [1.807, 2.05) is 6.92 Å². The van der Waals surface area contributed by atoms with Crippen LogP contribution in [0.5, 0.6) is 0 Å². The molecule has 0 aromatic heterocycles. The topological polar surface area (TPSA) is 83.6 Å². The Labute approximate surface area is 90.2 Å². The molecule has 0 aromatic carbocycles. The highest BCUT2D eigenvalue weighted by atomic mass is 16.4. The molecule has 0 fully saturated rings. The van der Waals surface area contributed by atoms with Crippen LogP contribution in [0.25, 0.3) is 0 Å². The molecule has 2 unspecified atom stereocenters. The maximum absolute atomic E-state index is 12.0. The average molecular weight is 216 g/mol. The summed E-state index contributed by atoms with van der Waals surface area (Å²) >= 11 is 0. The van der Waals surface area contributed by atoms with Gasteiger partial charge in [-0.1, -0.05) is 6.92 Å². The van der Waals surface area contributed by atoms with Crippen molar-refractivity contribution in [3.8, 4) is 0 Å². The van der Waals surface area contributed by atoms with Gasteiger partial charge < -0.3 is 15.7 Å². The molecule has 0 saturated carbocycles. The molecule has 5 nitrogen and oxygen atoms in total. The van der Waals surface area contributed by atoms with Crippen molar-refractivity contribution in [3.63, 3.8) is 0 Å². The van der Waals surface area contributed by atoms with Crippen LogP contribution >= 0.6 is 0 Å². The Morgan fingerprint density at radius 1 is 1.53 bits per heavy atom. The smallest absolute Gasteiger partial charge is 0.326 e. The molecular weight excluding hydrogens is 196 g/mol. The summed E-state index contributed by atoms with van der Waals surface area (Å²) in [5.74, 6) is -1.23. The highest BCUT2D eigenvalue weighted by Crippen LogP contribution is 2.22. The Hall–Kier alpha value is -1.10. The second-order valence-corrected chi connectivity index (χ2v) is 4.05. The van der Waals surface area contributed by atoms with Gasteiger partial charge in [-0.25, -0.2) is 4.79 Å². The van der Waals surface area contributed by atoms with Crippen molar-refractivity contribution in [1.82, 2.24) is 4.90 Å². The third-order valence-electron chi connectivity index (χ3n) is 3.01. The van der Waals surface area contributed by atoms with Gasteiger partial charge in [0.1, 0.15) is 6.04 Å². The number of amides is 1. The number of nitrogens with two attached hydrogens (primary N) is 1. The third kappa shape index (κ3) is 2.92. The molecule has 0 spiro atoms. The Bertz CT molecular complexity index is 249. The van der Waals surface area contributed by atoms with Gasteiger partial charge in [0.2, 0.25) is 5.91 Å². The van der Waals surface area contributed by atoms with Crippen molar-refractivity contribution < 1.29 is 14.7 Å². The summed E-state index contributed by atoms with van der Waals surface area (Å²) in [6.45, 7) is 5.32. The number of likely N-dealkylation sites (N-methyl/N-ethyl adjacent to an activating group) is 1. The molecule has 0 aliphatic rings. The van der Waals surface area contributed by atoms with E-state index in [-0.39, 0.29) is 12.5 Å². The maximum Gasteiger partial charge on any atom is 0.326 e. The number of carbonyl (C=O) groups is 2. The van der Waals surface area contributed by atoms with Crippen LogP contribution < -0.4 is 5.73 Å². The van der Waals surface area contributed by atoms with Gasteiger partial charge in [-0.15, -0.1) is 0 Å². The lowest BCUT2D eigenvalue weighted by Crippen LogP contribution is -2.49. The number of carboxylic acids is 1. The molecule has 3 N–H and O–H groups in total. The quantitative estimate of drug-likeness (QED) is 0.692. The molecule has 5 heteroatoms. The zero-order valence-electron chi connectivity index (χ0n) is 9.78. The van der Waals surface area contributed by atoms with Gasteiger partial charge in [-0.2, -0.15) is 0 Å². The van der Waals surface area contributed by atoms with E-state index in [0.717, 1.165) is 0 Å². The molecule has 0 heterocycles. The molecule has 15 heavy (non-hydrogen) atoms. The average Bonchev–Trinajstić information content (AvgIpc) is 2.24. The third-order valence-corrected chi connectivity index (χ3v) is 3.01. The molecule has 0 saturated heterocycles. The molecule has 0 aromatic rings. The van der Waals surface area contributed by atoms with E-state index in [2.05, 4.69) is 0 Å². The lowest BCUT2D eigenvalue weighted by atomic mass is 9.86. The molecule has 0 radical (unpaired) electrons. The first kappa shape index (κ1) is 13.9. The molecule has 88 valence electrons. The van der Waals surface area contributed by atoms with Gasteiger partial charge in [0, 0.05) is 13.6 Å². The molecule has 0 aliphatic carbocycles. The van der Waals surface area contributed by atoms with Gasteiger partial charge in [0.15, 0.2) is 0 Å². The largest absolute Gasteiger partial charge is 0.480 e. The van der Waals surface area contributed by atoms with Crippen molar-refractivity contribution in [2.45, 2.75) is 33.2 Å². The summed E-state index contributed by atoms with van der Waals surface area (Å²) in [7, 11) is 1.49. The van der Waals surface area contributed by atoms with Crippen LogP contribution in [0.1, 0.15) is 27.2 Å². The lowest BCUT2D eigenvalue weighted by molar-refractivity contribution is -0.152. The fourth-order valence-electron chi connectivity index (χ4n) is 1.15. The maximum atomic E-state index is 12.0. The predicted molar refractivity (Wildman–Crippen MR) is 57.3 cm³/mol. The number of carbonyl (C=O) groups excluding carboxylic acids is 1. The lowest BCUT2D eigenvalue weighted by Gasteiger charge is -2.32. The monoisotopic (exact) mass is 216 g/mol. The van der Waals surface area contributed by atoms with Crippen molar-refractivity contribution in [2.24, 2.45) is 11.1 Å². The van der Waals surface area contributed by atoms with Crippen LogP contribution in [-0.2, 0) is 9.59 Å². The van der Waals surface area contributed by atoms with E-state index < -0.39 is 17.4 Å². The van der Waals surface area contributed by atoms with Crippen molar-refractivity contribution in [1.29, 1.82) is 0 Å². The normalized spacial score (nSPS) is 16.6. The minimum Gasteiger partial charge on any atom is -0.480 e. The summed E-state index contributed by atoms with van der Waals surface area (Å²) in [6.07, 6.45) is 0.596. The van der Waals surface area contributed by atoms with Crippen LogP contribution in [-0.4, -0.2) is 41.5 Å². The Morgan fingerprint density at radius 3 is 2.27 bits per heavy atom. The van der Waals surface area contributed by atoms with Crippen LogP contribution in [0.2, 0.25) is 0 Å². The number of aliphatic carboxylic acids is 1. The Kier molecular flexibility index (Phi) is 4.74. The van der Waals surface area contributed by atoms with E-state index in [1.54, 1.807) is 6.92 Å². The minimum absolute atomic E-state index is 0.220. The summed E-state index contributed by atoms with van der Waals surface area (Å²) < 4.78 is 0. The number of nitrogens with zero attached hydrogens (tertiary/aromatic N) is 1. The van der Waals surface area contributed by atoms with Crippen molar-refractivity contribution in [3.05, 3.63) is 0 Å². The molecule has 0 bridgehead atoms. The van der Waals surface area contributed by atoms with Crippen LogP contribution in [0.3, 0.4) is 0 Å². The number of hydrogen-bond acceptors (Lipinski definition) is 3. The van der Waals surface area contributed by atoms with Crippen LogP contribution in [0, 0.1) is 5.41 Å². The zero-order chi connectivity index (χ0) is 12.2. The van der Waals surface area contributed by atoms with E-state index in [9.17, 15) is 9.59 Å². The molecule has 0 aliphatic heterocycles. The highest BCUT2D eigenvalue weighted by Gasteiger charge is 2.35. The van der Waals surface area contributed by atoms with E-state index in [1.165, 1.54) is 18.9 Å². The second kappa shape index (κ2) is 5.11. The molecular formula is C10H20N2O3. The van der Waals surface area contributed by atoms with E-state index in [4.69, 9.17) is 10.8 Å². The predicted octanol–water partition coefficient (Wildman–Crippen LogP) is 0.293. The second-order valence-electron chi connectivity index (χ2n) is 4.05. The molecule has 2 atom stereocenters. The van der Waals surface area contributed by atoms with Gasteiger partial charge >= 0.3 is 5.97 Å². The summed E-state index contributed by atoms with van der Waals surface area (Å²) in [4.78, 5) is 23.9. The van der Waals surface area contributed by atoms with Crippen LogP contribution in [0.15, 0.2) is 0 Å². The minimum atomic E-state index is -1.01. The first-order valence-electron chi connectivity index (χ1n) is 5.00. The Balaban J connectivity index is 4.77. The first-order valence-corrected chi connectivity index (χ1v) is 5.00. The first-order chi connectivity index (χ1) is 6.80. The number of rotatable bonds is 5. The van der Waals surface area contributed by atoms with Crippen molar-refractivity contribution in [2.75, 3.05) is 13.6 Å². The molecule has 0 rings (SSSR count). The zero-order valence-corrected chi connectivity index (χ0v) is 9.78. The fraction of sp³-hybridized carbons (Fsp3) is 0.800. The van der Waals surface area contributed by atoms with Crippen molar-refractivity contribution >= 4 is 11.9 Å². The standard InChI is InChI=1S/C10H20N2O3/c1-5-10(3,6-11)9(15)12(4)7(2)8(13)14/h7H,5-6,11H2,1-4H3,(H,13,14). The Morgan fingerprint density at radius 2 is 2.00 bits per heavy atom. The van der Waals surface area contributed by atoms with Gasteiger partial charge in [-0.3, -0.25) is 4.79 Å². The van der Waals surface area contributed by atoms with E-state index in [0.29, 0.717) is 6.42 Å². The molecule has 1 amide bonds. The van der Waals surface area contributed by atoms with Crippen LogP contribution in [0.4, 0.5) is 0 Å². The SMILES string of the molecule is CCC(C)(CN)C(=O)N(C)C(C)C(=O)O. The summed E-state index contributed by atoms with van der Waals surface area (Å²) in [5.41, 5.74) is 4.87. The number of hydrogen-bond donors (Lipinski definition) is 2. The summed E-state index contributed by atoms with van der Waals surface area (Å²) in [5, 5.41) is 8.79. The van der Waals surface area contributed by atoms with Gasteiger partial charge in [0.05, 0.1) is 5.41 Å². The fourth-order valence-corrected chi connectivity index (χ4v) is 1.15. The van der Waals surface area contributed by atoms with Gasteiger partial charge in [-0.05, 0) is 20.3 Å². The highest BCUT2D eigenvalue weighted by molar-refractivity contribution is 5.87. The van der Waals surface area contributed by atoms with Gasteiger partial charge in [0.25, 0.3) is 0 Å².